The SMILES string of the molecule is CCN(Cc1ccccc1)C(=O)CNC(=O)c1cc(S(=O)(=O)N2CCOCC2)ccc1C. The first-order chi connectivity index (χ1) is 15.3. The van der Waals surface area contributed by atoms with Crippen LogP contribution in [-0.2, 0) is 26.1 Å². The number of ether oxygens (including phenoxy) is 1. The molecule has 3 rings (SSSR count). The summed E-state index contributed by atoms with van der Waals surface area (Å²) in [5.74, 6) is -0.690. The minimum absolute atomic E-state index is 0.0562. The molecule has 32 heavy (non-hydrogen) atoms. The Morgan fingerprint density at radius 2 is 1.78 bits per heavy atom. The molecule has 2 amide bonds. The fourth-order valence-electron chi connectivity index (χ4n) is 3.49. The van der Waals surface area contributed by atoms with Gasteiger partial charge in [-0.05, 0) is 37.1 Å². The van der Waals surface area contributed by atoms with Crippen LogP contribution in [-0.4, -0.2) is 68.8 Å². The van der Waals surface area contributed by atoms with Crippen molar-refractivity contribution in [1.29, 1.82) is 0 Å². The molecule has 1 aliphatic rings. The molecular formula is C23H29N3O5S. The topological polar surface area (TPSA) is 96.0 Å². The lowest BCUT2D eigenvalue weighted by Crippen LogP contribution is -2.41. The molecule has 0 saturated carbocycles. The van der Waals surface area contributed by atoms with Gasteiger partial charge >= 0.3 is 0 Å². The smallest absolute Gasteiger partial charge is 0.252 e. The minimum atomic E-state index is -3.72. The van der Waals surface area contributed by atoms with Crippen LogP contribution >= 0.6 is 0 Å². The first kappa shape index (κ1) is 23.9. The van der Waals surface area contributed by atoms with Crippen LogP contribution in [0.1, 0.15) is 28.4 Å². The third-order valence-electron chi connectivity index (χ3n) is 5.41. The van der Waals surface area contributed by atoms with Crippen LogP contribution in [0.4, 0.5) is 0 Å². The minimum Gasteiger partial charge on any atom is -0.379 e. The van der Waals surface area contributed by atoms with E-state index >= 15 is 0 Å². The number of sulfonamides is 1. The van der Waals surface area contributed by atoms with Crippen LogP contribution in [0, 0.1) is 6.92 Å². The average molecular weight is 460 g/mol. The van der Waals surface area contributed by atoms with Crippen LogP contribution in [0.5, 0.6) is 0 Å². The summed E-state index contributed by atoms with van der Waals surface area (Å²) < 4.78 is 32.4. The lowest BCUT2D eigenvalue weighted by Gasteiger charge is -2.26. The third-order valence-corrected chi connectivity index (χ3v) is 7.31. The average Bonchev–Trinajstić information content (AvgIpc) is 2.82. The highest BCUT2D eigenvalue weighted by atomic mass is 32.2. The zero-order valence-electron chi connectivity index (χ0n) is 18.4. The van der Waals surface area contributed by atoms with Gasteiger partial charge in [0.25, 0.3) is 5.91 Å². The first-order valence-electron chi connectivity index (χ1n) is 10.6. The van der Waals surface area contributed by atoms with Crippen LogP contribution < -0.4 is 5.32 Å². The van der Waals surface area contributed by atoms with Gasteiger partial charge in [0.15, 0.2) is 0 Å². The van der Waals surface area contributed by atoms with Gasteiger partial charge in [0.05, 0.1) is 24.7 Å². The van der Waals surface area contributed by atoms with E-state index in [1.54, 1.807) is 17.9 Å². The van der Waals surface area contributed by atoms with E-state index in [1.165, 1.54) is 16.4 Å². The van der Waals surface area contributed by atoms with Gasteiger partial charge in [0.1, 0.15) is 0 Å². The summed E-state index contributed by atoms with van der Waals surface area (Å²) in [6.07, 6.45) is 0. The maximum Gasteiger partial charge on any atom is 0.252 e. The Balaban J connectivity index is 1.68. The molecule has 2 aromatic rings. The van der Waals surface area contributed by atoms with Gasteiger partial charge in [-0.2, -0.15) is 4.31 Å². The van der Waals surface area contributed by atoms with Gasteiger partial charge in [-0.25, -0.2) is 8.42 Å². The number of amides is 2. The Bertz CT molecular complexity index is 1050. The van der Waals surface area contributed by atoms with Crippen molar-refractivity contribution in [1.82, 2.24) is 14.5 Å². The monoisotopic (exact) mass is 459 g/mol. The molecule has 0 radical (unpaired) electrons. The number of rotatable bonds is 8. The van der Waals surface area contributed by atoms with Crippen LogP contribution in [0.2, 0.25) is 0 Å². The molecule has 0 aliphatic carbocycles. The van der Waals surface area contributed by atoms with E-state index in [0.29, 0.717) is 31.9 Å². The highest BCUT2D eigenvalue weighted by Gasteiger charge is 2.27. The van der Waals surface area contributed by atoms with E-state index in [9.17, 15) is 18.0 Å². The summed E-state index contributed by atoms with van der Waals surface area (Å²) in [6.45, 7) is 5.66. The third kappa shape index (κ3) is 5.73. The lowest BCUT2D eigenvalue weighted by molar-refractivity contribution is -0.130. The Morgan fingerprint density at radius 1 is 1.09 bits per heavy atom. The number of nitrogens with one attached hydrogen (secondary N) is 1. The quantitative estimate of drug-likeness (QED) is 0.649. The predicted molar refractivity (Wildman–Crippen MR) is 121 cm³/mol. The highest BCUT2D eigenvalue weighted by Crippen LogP contribution is 2.20. The molecular weight excluding hydrogens is 430 g/mol. The predicted octanol–water partition coefficient (Wildman–Crippen LogP) is 1.79. The zero-order valence-corrected chi connectivity index (χ0v) is 19.2. The van der Waals surface area contributed by atoms with Crippen molar-refractivity contribution in [3.63, 3.8) is 0 Å². The molecule has 0 bridgehead atoms. The maximum atomic E-state index is 12.9. The maximum absolute atomic E-state index is 12.9. The van der Waals surface area contributed by atoms with Gasteiger partial charge in [0.2, 0.25) is 15.9 Å². The Morgan fingerprint density at radius 3 is 2.44 bits per heavy atom. The van der Waals surface area contributed by atoms with Gasteiger partial charge in [-0.1, -0.05) is 36.4 Å². The van der Waals surface area contributed by atoms with Crippen LogP contribution in [0.15, 0.2) is 53.4 Å². The second kappa shape index (κ2) is 10.7. The molecule has 8 nitrogen and oxygen atoms in total. The molecule has 0 unspecified atom stereocenters. The van der Waals surface area contributed by atoms with Crippen molar-refractivity contribution in [3.05, 3.63) is 65.2 Å². The highest BCUT2D eigenvalue weighted by molar-refractivity contribution is 7.89. The number of nitrogens with zero attached hydrogens (tertiary/aromatic N) is 2. The molecule has 1 fully saturated rings. The standard InChI is InChI=1S/C23H29N3O5S/c1-3-25(17-19-7-5-4-6-8-19)22(27)16-24-23(28)21-15-20(10-9-18(21)2)32(29,30)26-11-13-31-14-12-26/h4-10,15H,3,11-14,16-17H2,1-2H3,(H,24,28). The molecule has 172 valence electrons. The van der Waals surface area contributed by atoms with Crippen molar-refractivity contribution < 1.29 is 22.7 Å². The van der Waals surface area contributed by atoms with Gasteiger partial charge < -0.3 is 15.0 Å². The van der Waals surface area contributed by atoms with Crippen LogP contribution in [0.3, 0.4) is 0 Å². The summed E-state index contributed by atoms with van der Waals surface area (Å²) in [7, 11) is -3.72. The second-order valence-electron chi connectivity index (χ2n) is 7.57. The number of carbonyl (C=O) groups is 2. The Hall–Kier alpha value is -2.75. The van der Waals surface area contributed by atoms with E-state index in [0.717, 1.165) is 5.56 Å². The largest absolute Gasteiger partial charge is 0.379 e. The molecule has 0 spiro atoms. The lowest BCUT2D eigenvalue weighted by atomic mass is 10.1. The first-order valence-corrected chi connectivity index (χ1v) is 12.1. The van der Waals surface area contributed by atoms with Gasteiger partial charge in [0, 0.05) is 31.7 Å². The number of carbonyl (C=O) groups excluding carboxylic acids is 2. The molecule has 9 heteroatoms. The van der Waals surface area contributed by atoms with Crippen molar-refractivity contribution in [2.75, 3.05) is 39.4 Å². The molecule has 1 saturated heterocycles. The van der Waals surface area contributed by atoms with E-state index in [-0.39, 0.29) is 36.0 Å². The number of hydrogen-bond donors (Lipinski definition) is 1. The van der Waals surface area contributed by atoms with E-state index in [4.69, 9.17) is 4.74 Å². The Labute approximate surface area is 189 Å². The number of benzene rings is 2. The zero-order chi connectivity index (χ0) is 23.1. The number of morpholine rings is 1. The summed E-state index contributed by atoms with van der Waals surface area (Å²) in [6, 6.07) is 14.1. The normalized spacial score (nSPS) is 14.7. The molecule has 1 aliphatic heterocycles. The fourth-order valence-corrected chi connectivity index (χ4v) is 4.92. The van der Waals surface area contributed by atoms with Crippen molar-refractivity contribution in [3.8, 4) is 0 Å². The van der Waals surface area contributed by atoms with E-state index in [2.05, 4.69) is 5.32 Å². The van der Waals surface area contributed by atoms with Gasteiger partial charge in [-0.15, -0.1) is 0 Å². The molecule has 0 aromatic heterocycles. The number of aryl methyl sites for hydroxylation is 1. The summed E-state index contributed by atoms with van der Waals surface area (Å²) in [5.41, 5.74) is 1.87. The summed E-state index contributed by atoms with van der Waals surface area (Å²) >= 11 is 0. The second-order valence-corrected chi connectivity index (χ2v) is 9.51. The van der Waals surface area contributed by atoms with Crippen molar-refractivity contribution in [2.24, 2.45) is 0 Å². The van der Waals surface area contributed by atoms with E-state index < -0.39 is 15.9 Å². The fraction of sp³-hybridized carbons (Fsp3) is 0.391. The molecule has 1 N–H and O–H groups in total. The van der Waals surface area contributed by atoms with Crippen molar-refractivity contribution >= 4 is 21.8 Å². The molecule has 2 aromatic carbocycles. The summed E-state index contributed by atoms with van der Waals surface area (Å²) in [4.78, 5) is 27.1. The van der Waals surface area contributed by atoms with Gasteiger partial charge in [-0.3, -0.25) is 9.59 Å². The summed E-state index contributed by atoms with van der Waals surface area (Å²) in [5, 5.41) is 2.64. The number of likely N-dealkylation sites (N-methyl/N-ethyl adjacent to an activating group) is 1. The molecule has 0 atom stereocenters. The number of hydrogen-bond acceptors (Lipinski definition) is 5. The van der Waals surface area contributed by atoms with Crippen LogP contribution in [0.25, 0.3) is 0 Å². The Kier molecular flexibility index (Phi) is 8.00. The molecule has 1 heterocycles. The van der Waals surface area contributed by atoms with E-state index in [1.807, 2.05) is 37.3 Å². The van der Waals surface area contributed by atoms with Crippen molar-refractivity contribution in [2.45, 2.75) is 25.3 Å².